The summed E-state index contributed by atoms with van der Waals surface area (Å²) < 4.78 is 45.7. The van der Waals surface area contributed by atoms with Gasteiger partial charge >= 0.3 is 12.1 Å². The summed E-state index contributed by atoms with van der Waals surface area (Å²) in [5.41, 5.74) is 0.616. The number of ether oxygens (including phenoxy) is 1. The molecule has 1 N–H and O–H groups in total. The van der Waals surface area contributed by atoms with Gasteiger partial charge in [0.15, 0.2) is 0 Å². The quantitative estimate of drug-likeness (QED) is 0.892. The van der Waals surface area contributed by atoms with Gasteiger partial charge in [-0.2, -0.15) is 13.2 Å². The van der Waals surface area contributed by atoms with Gasteiger partial charge in [0.2, 0.25) is 0 Å². The SMILES string of the molecule is O=C(N(C1COC2(CCNCC2)C1)C1C[C@H]1c1ccccc1)C(F)(F)F. The van der Waals surface area contributed by atoms with Gasteiger partial charge < -0.3 is 15.0 Å². The third kappa shape index (κ3) is 3.34. The fourth-order valence-corrected chi connectivity index (χ4v) is 4.51. The average Bonchev–Trinajstić information content (AvgIpc) is 3.31. The van der Waals surface area contributed by atoms with Gasteiger partial charge in [0, 0.05) is 12.0 Å². The molecule has 0 bridgehead atoms. The molecule has 1 saturated carbocycles. The van der Waals surface area contributed by atoms with E-state index < -0.39 is 24.2 Å². The Balaban J connectivity index is 1.54. The number of hydrogen-bond donors (Lipinski definition) is 1. The minimum atomic E-state index is -4.85. The lowest BCUT2D eigenvalue weighted by atomic mass is 9.88. The number of carbonyl (C=O) groups is 1. The molecule has 2 heterocycles. The molecule has 2 aliphatic heterocycles. The van der Waals surface area contributed by atoms with Crippen LogP contribution < -0.4 is 5.32 Å². The Labute approximate surface area is 150 Å². The summed E-state index contributed by atoms with van der Waals surface area (Å²) in [6, 6.07) is 8.58. The fourth-order valence-electron chi connectivity index (χ4n) is 4.51. The van der Waals surface area contributed by atoms with E-state index in [1.807, 2.05) is 30.3 Å². The van der Waals surface area contributed by atoms with Crippen LogP contribution in [0.15, 0.2) is 30.3 Å². The summed E-state index contributed by atoms with van der Waals surface area (Å²) >= 11 is 0. The maximum Gasteiger partial charge on any atom is 0.471 e. The number of carbonyl (C=O) groups excluding carboxylic acids is 1. The minimum absolute atomic E-state index is 0.0212. The average molecular weight is 368 g/mol. The zero-order valence-electron chi connectivity index (χ0n) is 14.5. The van der Waals surface area contributed by atoms with Crippen LogP contribution in [0.4, 0.5) is 13.2 Å². The second-order valence-electron chi connectivity index (χ2n) is 7.63. The second-order valence-corrected chi connectivity index (χ2v) is 7.63. The molecule has 7 heteroatoms. The number of alkyl halides is 3. The number of nitrogens with zero attached hydrogens (tertiary/aromatic N) is 1. The van der Waals surface area contributed by atoms with E-state index in [1.165, 1.54) is 0 Å². The number of rotatable bonds is 3. The molecular weight excluding hydrogens is 345 g/mol. The highest BCUT2D eigenvalue weighted by Crippen LogP contribution is 2.49. The number of benzene rings is 1. The van der Waals surface area contributed by atoms with Crippen molar-refractivity contribution in [3.05, 3.63) is 35.9 Å². The van der Waals surface area contributed by atoms with Crippen molar-refractivity contribution in [2.75, 3.05) is 19.7 Å². The van der Waals surface area contributed by atoms with Gasteiger partial charge in [0.25, 0.3) is 0 Å². The Bertz CT molecular complexity index is 658. The molecule has 2 unspecified atom stereocenters. The van der Waals surface area contributed by atoms with Crippen molar-refractivity contribution in [2.24, 2.45) is 0 Å². The molecule has 3 aliphatic rings. The second kappa shape index (κ2) is 6.53. The molecule has 0 aromatic heterocycles. The van der Waals surface area contributed by atoms with E-state index in [4.69, 9.17) is 4.74 Å². The highest BCUT2D eigenvalue weighted by Gasteiger charge is 2.56. The summed E-state index contributed by atoms with van der Waals surface area (Å²) in [5, 5.41) is 3.25. The zero-order valence-corrected chi connectivity index (χ0v) is 14.5. The number of piperidine rings is 1. The first kappa shape index (κ1) is 17.8. The van der Waals surface area contributed by atoms with E-state index in [-0.39, 0.29) is 18.1 Å². The predicted octanol–water partition coefficient (Wildman–Crippen LogP) is 2.84. The van der Waals surface area contributed by atoms with Crippen molar-refractivity contribution in [3.8, 4) is 0 Å². The topological polar surface area (TPSA) is 41.6 Å². The maximum atomic E-state index is 13.3. The molecule has 2 saturated heterocycles. The van der Waals surface area contributed by atoms with Crippen LogP contribution in [0.3, 0.4) is 0 Å². The summed E-state index contributed by atoms with van der Waals surface area (Å²) in [6.07, 6.45) is -2.21. The molecule has 4 nitrogen and oxygen atoms in total. The fraction of sp³-hybridized carbons (Fsp3) is 0.632. The van der Waals surface area contributed by atoms with Crippen molar-refractivity contribution in [1.82, 2.24) is 10.2 Å². The smallest absolute Gasteiger partial charge is 0.373 e. The molecule has 1 aromatic carbocycles. The van der Waals surface area contributed by atoms with Gasteiger partial charge in [0.1, 0.15) is 0 Å². The standard InChI is InChI=1S/C19H23F3N2O2/c20-19(21,22)17(25)24(16-10-15(16)13-4-2-1-3-5-13)14-11-18(26-12-14)6-8-23-9-7-18/h1-5,14-16,23H,6-12H2/t14?,15-,16?/m0/s1. The summed E-state index contributed by atoms with van der Waals surface area (Å²) in [5.74, 6) is -1.74. The van der Waals surface area contributed by atoms with Crippen molar-refractivity contribution < 1.29 is 22.7 Å². The summed E-state index contributed by atoms with van der Waals surface area (Å²) in [7, 11) is 0. The summed E-state index contributed by atoms with van der Waals surface area (Å²) in [4.78, 5) is 13.3. The van der Waals surface area contributed by atoms with Crippen LogP contribution in [0.1, 0.15) is 37.2 Å². The molecule has 1 amide bonds. The zero-order chi connectivity index (χ0) is 18.4. The van der Waals surface area contributed by atoms with E-state index in [9.17, 15) is 18.0 Å². The normalized spacial score (nSPS) is 30.3. The van der Waals surface area contributed by atoms with Gasteiger partial charge in [-0.15, -0.1) is 0 Å². The van der Waals surface area contributed by atoms with Crippen LogP contribution in [-0.2, 0) is 9.53 Å². The van der Waals surface area contributed by atoms with Gasteiger partial charge in [-0.1, -0.05) is 30.3 Å². The van der Waals surface area contributed by atoms with Gasteiger partial charge in [-0.05, 0) is 44.3 Å². The monoisotopic (exact) mass is 368 g/mol. The third-order valence-electron chi connectivity index (χ3n) is 5.92. The third-order valence-corrected chi connectivity index (χ3v) is 5.92. The number of amides is 1. The molecule has 1 aromatic rings. The Morgan fingerprint density at radius 3 is 2.54 bits per heavy atom. The Kier molecular flexibility index (Phi) is 4.47. The Morgan fingerprint density at radius 1 is 1.19 bits per heavy atom. The lowest BCUT2D eigenvalue weighted by Crippen LogP contribution is -2.50. The summed E-state index contributed by atoms with van der Waals surface area (Å²) in [6.45, 7) is 1.80. The minimum Gasteiger partial charge on any atom is -0.373 e. The first-order valence-electron chi connectivity index (χ1n) is 9.19. The van der Waals surface area contributed by atoms with Gasteiger partial charge in [0.05, 0.1) is 18.2 Å². The lowest BCUT2D eigenvalue weighted by Gasteiger charge is -2.34. The van der Waals surface area contributed by atoms with E-state index in [0.717, 1.165) is 36.4 Å². The highest BCUT2D eigenvalue weighted by atomic mass is 19.4. The predicted molar refractivity (Wildman–Crippen MR) is 89.7 cm³/mol. The van der Waals surface area contributed by atoms with E-state index in [2.05, 4.69) is 5.32 Å². The van der Waals surface area contributed by atoms with Crippen molar-refractivity contribution >= 4 is 5.91 Å². The van der Waals surface area contributed by atoms with Gasteiger partial charge in [-0.3, -0.25) is 4.79 Å². The Hall–Kier alpha value is -1.60. The number of nitrogens with one attached hydrogen (secondary N) is 1. The maximum absolute atomic E-state index is 13.3. The molecule has 26 heavy (non-hydrogen) atoms. The van der Waals surface area contributed by atoms with Crippen LogP contribution in [0.25, 0.3) is 0 Å². The van der Waals surface area contributed by atoms with E-state index in [1.54, 1.807) is 0 Å². The molecular formula is C19H23F3N2O2. The van der Waals surface area contributed by atoms with Crippen LogP contribution >= 0.6 is 0 Å². The van der Waals surface area contributed by atoms with E-state index in [0.29, 0.717) is 12.8 Å². The molecule has 1 spiro atoms. The lowest BCUT2D eigenvalue weighted by molar-refractivity contribution is -0.188. The number of halogens is 3. The molecule has 142 valence electrons. The van der Waals surface area contributed by atoms with Crippen LogP contribution in [0.2, 0.25) is 0 Å². The highest BCUT2D eigenvalue weighted by molar-refractivity contribution is 5.83. The molecule has 3 fully saturated rings. The van der Waals surface area contributed by atoms with Crippen LogP contribution in [0.5, 0.6) is 0 Å². The van der Waals surface area contributed by atoms with Crippen LogP contribution in [0, 0.1) is 0 Å². The van der Waals surface area contributed by atoms with Gasteiger partial charge in [-0.25, -0.2) is 0 Å². The van der Waals surface area contributed by atoms with Crippen molar-refractivity contribution in [1.29, 1.82) is 0 Å². The largest absolute Gasteiger partial charge is 0.471 e. The molecule has 0 radical (unpaired) electrons. The van der Waals surface area contributed by atoms with Crippen LogP contribution in [-0.4, -0.2) is 54.4 Å². The molecule has 1 aliphatic carbocycles. The Morgan fingerprint density at radius 2 is 1.88 bits per heavy atom. The number of hydrogen-bond acceptors (Lipinski definition) is 3. The molecule has 4 rings (SSSR count). The van der Waals surface area contributed by atoms with Crippen molar-refractivity contribution in [3.63, 3.8) is 0 Å². The first-order chi connectivity index (χ1) is 12.4. The van der Waals surface area contributed by atoms with Crippen molar-refractivity contribution in [2.45, 2.75) is 55.5 Å². The molecule has 3 atom stereocenters. The first-order valence-corrected chi connectivity index (χ1v) is 9.19. The van der Waals surface area contributed by atoms with E-state index >= 15 is 0 Å².